The Balaban J connectivity index is 2.05. The van der Waals surface area contributed by atoms with Gasteiger partial charge in [-0.05, 0) is 37.6 Å². The molecular weight excluding hydrogens is 282 g/mol. The first-order valence-electron chi connectivity index (χ1n) is 7.49. The third-order valence-electron chi connectivity index (χ3n) is 3.29. The molecule has 1 fully saturated rings. The molecule has 0 aliphatic carbocycles. The van der Waals surface area contributed by atoms with Crippen molar-refractivity contribution in [2.75, 3.05) is 33.4 Å². The monoisotopic (exact) mass is 305 g/mol. The van der Waals surface area contributed by atoms with E-state index in [1.807, 2.05) is 32.0 Å². The first-order valence-corrected chi connectivity index (χ1v) is 7.49. The van der Waals surface area contributed by atoms with Gasteiger partial charge in [0, 0.05) is 19.2 Å². The van der Waals surface area contributed by atoms with Gasteiger partial charge in [-0.1, -0.05) is 6.07 Å². The molecule has 1 aliphatic rings. The molecule has 1 heterocycles. The highest BCUT2D eigenvalue weighted by Gasteiger charge is 2.14. The van der Waals surface area contributed by atoms with Gasteiger partial charge < -0.3 is 19.1 Å². The van der Waals surface area contributed by atoms with Crippen molar-refractivity contribution in [3.8, 4) is 11.5 Å². The molecule has 0 N–H and O–H groups in total. The number of ether oxygens (including phenoxy) is 3. The smallest absolute Gasteiger partial charge is 0.246 e. The fraction of sp³-hybridized carbons (Fsp3) is 0.471. The number of benzene rings is 1. The average molecular weight is 305 g/mol. The van der Waals surface area contributed by atoms with Gasteiger partial charge in [0.15, 0.2) is 11.5 Å². The first-order chi connectivity index (χ1) is 10.6. The normalized spacial score (nSPS) is 15.4. The quantitative estimate of drug-likeness (QED) is 0.784. The largest absolute Gasteiger partial charge is 0.493 e. The Hall–Kier alpha value is -2.01. The summed E-state index contributed by atoms with van der Waals surface area (Å²) in [6.07, 6.45) is 3.46. The van der Waals surface area contributed by atoms with E-state index in [9.17, 15) is 4.79 Å². The van der Waals surface area contributed by atoms with Gasteiger partial charge in [-0.3, -0.25) is 4.79 Å². The van der Waals surface area contributed by atoms with Gasteiger partial charge in [-0.25, -0.2) is 0 Å². The van der Waals surface area contributed by atoms with E-state index in [1.54, 1.807) is 24.2 Å². The predicted octanol–water partition coefficient (Wildman–Crippen LogP) is 2.35. The maximum atomic E-state index is 12.1. The number of carbonyl (C=O) groups is 1. The second kappa shape index (κ2) is 7.84. The van der Waals surface area contributed by atoms with E-state index in [0.717, 1.165) is 5.56 Å². The molecule has 2 rings (SSSR count). The van der Waals surface area contributed by atoms with Crippen LogP contribution in [0.5, 0.6) is 11.5 Å². The summed E-state index contributed by atoms with van der Waals surface area (Å²) in [5.74, 6) is 1.37. The highest BCUT2D eigenvalue weighted by molar-refractivity contribution is 5.91. The van der Waals surface area contributed by atoms with Crippen molar-refractivity contribution in [3.63, 3.8) is 0 Å². The Morgan fingerprint density at radius 2 is 2.00 bits per heavy atom. The summed E-state index contributed by atoms with van der Waals surface area (Å²) >= 11 is 0. The summed E-state index contributed by atoms with van der Waals surface area (Å²) in [5, 5.41) is 0. The maximum absolute atomic E-state index is 12.1. The van der Waals surface area contributed by atoms with Crippen molar-refractivity contribution in [2.45, 2.75) is 20.0 Å². The SMILES string of the molecule is COc1cc(C=CC(=O)N2CCOCC2)ccc1OC(C)C. The molecule has 1 aromatic carbocycles. The van der Waals surface area contributed by atoms with Crippen molar-refractivity contribution in [1.82, 2.24) is 4.90 Å². The van der Waals surface area contributed by atoms with Crippen molar-refractivity contribution < 1.29 is 19.0 Å². The van der Waals surface area contributed by atoms with Crippen LogP contribution in [0.3, 0.4) is 0 Å². The van der Waals surface area contributed by atoms with E-state index >= 15 is 0 Å². The number of methoxy groups -OCH3 is 1. The van der Waals surface area contributed by atoms with E-state index in [0.29, 0.717) is 37.8 Å². The van der Waals surface area contributed by atoms with Gasteiger partial charge >= 0.3 is 0 Å². The van der Waals surface area contributed by atoms with Gasteiger partial charge in [-0.2, -0.15) is 0 Å². The van der Waals surface area contributed by atoms with Crippen molar-refractivity contribution in [2.24, 2.45) is 0 Å². The van der Waals surface area contributed by atoms with E-state index in [4.69, 9.17) is 14.2 Å². The Kier molecular flexibility index (Phi) is 5.83. The van der Waals surface area contributed by atoms with Crippen LogP contribution < -0.4 is 9.47 Å². The lowest BCUT2D eigenvalue weighted by Crippen LogP contribution is -2.39. The van der Waals surface area contributed by atoms with Crippen LogP contribution in [0.15, 0.2) is 24.3 Å². The molecule has 1 aliphatic heterocycles. The van der Waals surface area contributed by atoms with Crippen LogP contribution in [-0.2, 0) is 9.53 Å². The molecule has 120 valence electrons. The molecule has 0 bridgehead atoms. The standard InChI is InChI=1S/C17H23NO4/c1-13(2)22-15-6-4-14(12-16(15)20-3)5-7-17(19)18-8-10-21-11-9-18/h4-7,12-13H,8-11H2,1-3H3. The Morgan fingerprint density at radius 3 is 2.64 bits per heavy atom. The molecular formula is C17H23NO4. The number of amides is 1. The molecule has 22 heavy (non-hydrogen) atoms. The van der Waals surface area contributed by atoms with Crippen LogP contribution in [0.4, 0.5) is 0 Å². The lowest BCUT2D eigenvalue weighted by Gasteiger charge is -2.25. The molecule has 1 saturated heterocycles. The minimum absolute atomic E-state index is 0.00442. The highest BCUT2D eigenvalue weighted by atomic mass is 16.5. The molecule has 5 heteroatoms. The molecule has 1 amide bonds. The molecule has 0 spiro atoms. The first kappa shape index (κ1) is 16.4. The predicted molar refractivity (Wildman–Crippen MR) is 85.2 cm³/mol. The van der Waals surface area contributed by atoms with E-state index in [-0.39, 0.29) is 12.0 Å². The second-order valence-electron chi connectivity index (χ2n) is 5.35. The minimum atomic E-state index is 0.00442. The van der Waals surface area contributed by atoms with Gasteiger partial charge in [0.05, 0.1) is 26.4 Å². The van der Waals surface area contributed by atoms with E-state index in [2.05, 4.69) is 0 Å². The summed E-state index contributed by atoms with van der Waals surface area (Å²) in [5.41, 5.74) is 0.898. The molecule has 0 atom stereocenters. The third kappa shape index (κ3) is 4.49. The fourth-order valence-corrected chi connectivity index (χ4v) is 2.20. The molecule has 5 nitrogen and oxygen atoms in total. The van der Waals surface area contributed by atoms with Gasteiger partial charge in [-0.15, -0.1) is 0 Å². The number of carbonyl (C=O) groups excluding carboxylic acids is 1. The van der Waals surface area contributed by atoms with E-state index in [1.165, 1.54) is 0 Å². The lowest BCUT2D eigenvalue weighted by atomic mass is 10.2. The van der Waals surface area contributed by atoms with Crippen LogP contribution in [0.2, 0.25) is 0 Å². The van der Waals surface area contributed by atoms with Crippen molar-refractivity contribution >= 4 is 12.0 Å². The van der Waals surface area contributed by atoms with Crippen LogP contribution in [-0.4, -0.2) is 50.3 Å². The number of nitrogens with zero attached hydrogens (tertiary/aromatic N) is 1. The van der Waals surface area contributed by atoms with Crippen LogP contribution >= 0.6 is 0 Å². The zero-order valence-electron chi connectivity index (χ0n) is 13.4. The summed E-state index contributed by atoms with van der Waals surface area (Å²) in [7, 11) is 1.61. The minimum Gasteiger partial charge on any atom is -0.493 e. The van der Waals surface area contributed by atoms with Gasteiger partial charge in [0.1, 0.15) is 0 Å². The molecule has 1 aromatic rings. The number of morpholine rings is 1. The summed E-state index contributed by atoms with van der Waals surface area (Å²) < 4.78 is 16.3. The zero-order valence-corrected chi connectivity index (χ0v) is 13.4. The lowest BCUT2D eigenvalue weighted by molar-refractivity contribution is -0.129. The Morgan fingerprint density at radius 1 is 1.27 bits per heavy atom. The molecule has 0 aromatic heterocycles. The third-order valence-corrected chi connectivity index (χ3v) is 3.29. The van der Waals surface area contributed by atoms with Crippen LogP contribution in [0.1, 0.15) is 19.4 Å². The summed E-state index contributed by atoms with van der Waals surface area (Å²) in [6.45, 7) is 6.44. The zero-order chi connectivity index (χ0) is 15.9. The highest BCUT2D eigenvalue weighted by Crippen LogP contribution is 2.29. The Labute approximate surface area is 131 Å². The maximum Gasteiger partial charge on any atom is 0.246 e. The molecule has 0 radical (unpaired) electrons. The Bertz CT molecular complexity index is 533. The number of hydrogen-bond acceptors (Lipinski definition) is 4. The second-order valence-corrected chi connectivity index (χ2v) is 5.35. The molecule has 0 saturated carbocycles. The molecule has 0 unspecified atom stereocenters. The van der Waals surface area contributed by atoms with Gasteiger partial charge in [0.2, 0.25) is 5.91 Å². The van der Waals surface area contributed by atoms with Crippen LogP contribution in [0, 0.1) is 0 Å². The van der Waals surface area contributed by atoms with Crippen molar-refractivity contribution in [3.05, 3.63) is 29.8 Å². The van der Waals surface area contributed by atoms with Crippen LogP contribution in [0.25, 0.3) is 6.08 Å². The summed E-state index contributed by atoms with van der Waals surface area (Å²) in [6, 6.07) is 5.63. The van der Waals surface area contributed by atoms with Gasteiger partial charge in [0.25, 0.3) is 0 Å². The summed E-state index contributed by atoms with van der Waals surface area (Å²) in [4.78, 5) is 13.9. The fourth-order valence-electron chi connectivity index (χ4n) is 2.20. The number of rotatable bonds is 5. The van der Waals surface area contributed by atoms with Crippen molar-refractivity contribution in [1.29, 1.82) is 0 Å². The topological polar surface area (TPSA) is 48.0 Å². The number of hydrogen-bond donors (Lipinski definition) is 0. The average Bonchev–Trinajstić information content (AvgIpc) is 2.54. The van der Waals surface area contributed by atoms with E-state index < -0.39 is 0 Å².